The number of hydrogen-bond donors (Lipinski definition) is 0. The van der Waals surface area contributed by atoms with Gasteiger partial charge >= 0.3 is 0 Å². The summed E-state index contributed by atoms with van der Waals surface area (Å²) in [7, 11) is 0.155. The number of hydrogen-bond acceptors (Lipinski definition) is 1. The highest BCUT2D eigenvalue weighted by molar-refractivity contribution is 6.69. The molecule has 0 aliphatic rings. The minimum atomic E-state index is -1.20. The topological polar surface area (TPSA) is 9.23 Å². The minimum Gasteiger partial charge on any atom is -0.418 e. The summed E-state index contributed by atoms with van der Waals surface area (Å²) in [5.74, 6) is 0. The molecule has 0 atom stereocenters. The van der Waals surface area contributed by atoms with Crippen molar-refractivity contribution in [2.24, 2.45) is 0 Å². The molecule has 10 heavy (non-hydrogen) atoms. The highest BCUT2D eigenvalue weighted by atomic mass is 28.4. The monoisotopic (exact) mass is 176 g/mol. The maximum absolute atomic E-state index is 5.69. The van der Waals surface area contributed by atoms with Gasteiger partial charge < -0.3 is 4.43 Å². The summed E-state index contributed by atoms with van der Waals surface area (Å²) < 4.78 is 5.69. The van der Waals surface area contributed by atoms with Crippen LogP contribution in [-0.4, -0.2) is 25.2 Å². The fourth-order valence-electron chi connectivity index (χ4n) is 0.730. The largest absolute Gasteiger partial charge is 0.418 e. The van der Waals surface area contributed by atoms with Crippen LogP contribution in [-0.2, 0) is 4.43 Å². The van der Waals surface area contributed by atoms with Crippen LogP contribution in [0.15, 0.2) is 0 Å². The summed E-state index contributed by atoms with van der Waals surface area (Å²) in [6.07, 6.45) is 2.64. The smallest absolute Gasteiger partial charge is 0.183 e. The molecule has 0 saturated heterocycles. The molecular weight excluding hydrogens is 156 g/mol. The van der Waals surface area contributed by atoms with Gasteiger partial charge in [-0.1, -0.05) is 12.5 Å². The van der Waals surface area contributed by atoms with E-state index >= 15 is 0 Å². The SMILES string of the molecule is C[Si](C)(C)OCCCC[SiH3]. The van der Waals surface area contributed by atoms with Gasteiger partial charge in [-0.25, -0.2) is 0 Å². The second-order valence-corrected chi connectivity index (χ2v) is 9.18. The molecule has 0 aromatic carbocycles. The van der Waals surface area contributed by atoms with Crippen LogP contribution >= 0.6 is 0 Å². The highest BCUT2D eigenvalue weighted by Crippen LogP contribution is 2.04. The molecule has 0 aliphatic carbocycles. The van der Waals surface area contributed by atoms with Crippen LogP contribution in [0, 0.1) is 0 Å². The van der Waals surface area contributed by atoms with Crippen LogP contribution in [0.1, 0.15) is 12.8 Å². The molecule has 0 aromatic heterocycles. The fourth-order valence-corrected chi connectivity index (χ4v) is 1.99. The Kier molecular flexibility index (Phi) is 5.30. The van der Waals surface area contributed by atoms with Crippen LogP contribution in [0.5, 0.6) is 0 Å². The van der Waals surface area contributed by atoms with Gasteiger partial charge in [-0.2, -0.15) is 0 Å². The third-order valence-corrected chi connectivity index (χ3v) is 3.06. The normalized spacial score (nSPS) is 12.3. The first-order chi connectivity index (χ1) is 4.56. The van der Waals surface area contributed by atoms with Crippen LogP contribution < -0.4 is 0 Å². The van der Waals surface area contributed by atoms with Crippen LogP contribution in [0.2, 0.25) is 25.7 Å². The van der Waals surface area contributed by atoms with Crippen LogP contribution in [0.4, 0.5) is 0 Å². The van der Waals surface area contributed by atoms with Gasteiger partial charge in [0, 0.05) is 16.8 Å². The van der Waals surface area contributed by atoms with E-state index in [1.54, 1.807) is 0 Å². The zero-order valence-electron chi connectivity index (χ0n) is 7.74. The van der Waals surface area contributed by atoms with Gasteiger partial charge in [0.1, 0.15) is 0 Å². The highest BCUT2D eigenvalue weighted by Gasteiger charge is 2.12. The Balaban J connectivity index is 3.04. The van der Waals surface area contributed by atoms with E-state index in [0.717, 1.165) is 6.61 Å². The van der Waals surface area contributed by atoms with E-state index in [2.05, 4.69) is 19.6 Å². The first-order valence-electron chi connectivity index (χ1n) is 4.20. The van der Waals surface area contributed by atoms with E-state index in [4.69, 9.17) is 4.43 Å². The summed E-state index contributed by atoms with van der Waals surface area (Å²) in [5, 5.41) is 0. The van der Waals surface area contributed by atoms with Crippen molar-refractivity contribution in [1.82, 2.24) is 0 Å². The Morgan fingerprint density at radius 1 is 1.20 bits per heavy atom. The van der Waals surface area contributed by atoms with Gasteiger partial charge in [-0.3, -0.25) is 0 Å². The first-order valence-corrected chi connectivity index (χ1v) is 9.02. The molecule has 0 saturated carbocycles. The van der Waals surface area contributed by atoms with Gasteiger partial charge in [0.15, 0.2) is 8.32 Å². The van der Waals surface area contributed by atoms with Crippen molar-refractivity contribution in [3.8, 4) is 0 Å². The summed E-state index contributed by atoms with van der Waals surface area (Å²) in [6.45, 7) is 7.73. The Labute approximate surface area is 68.7 Å². The Bertz CT molecular complexity index is 78.2. The summed E-state index contributed by atoms with van der Waals surface area (Å²) in [4.78, 5) is 0. The van der Waals surface area contributed by atoms with Crippen molar-refractivity contribution in [3.63, 3.8) is 0 Å². The molecule has 62 valence electrons. The lowest BCUT2D eigenvalue weighted by molar-refractivity contribution is 0.303. The van der Waals surface area contributed by atoms with Crippen LogP contribution in [0.25, 0.3) is 0 Å². The van der Waals surface area contributed by atoms with E-state index in [-0.39, 0.29) is 0 Å². The molecule has 0 radical (unpaired) electrons. The number of unbranched alkanes of at least 4 members (excludes halogenated alkanes) is 1. The molecule has 3 heteroatoms. The predicted molar refractivity (Wildman–Crippen MR) is 53.3 cm³/mol. The Morgan fingerprint density at radius 2 is 1.80 bits per heavy atom. The molecule has 0 aromatic rings. The predicted octanol–water partition coefficient (Wildman–Crippen LogP) is 1.40. The summed E-state index contributed by atoms with van der Waals surface area (Å²) >= 11 is 0. The molecule has 0 heterocycles. The lowest BCUT2D eigenvalue weighted by atomic mass is 10.4. The first kappa shape index (κ1) is 10.4. The zero-order valence-corrected chi connectivity index (χ0v) is 10.7. The summed E-state index contributed by atoms with van der Waals surface area (Å²) in [5.41, 5.74) is 0. The van der Waals surface area contributed by atoms with E-state index in [1.807, 2.05) is 0 Å². The Hall–Kier alpha value is 0.394. The fraction of sp³-hybridized carbons (Fsp3) is 1.00. The molecule has 0 unspecified atom stereocenters. The van der Waals surface area contributed by atoms with Gasteiger partial charge in [-0.15, -0.1) is 0 Å². The number of rotatable bonds is 5. The molecule has 0 amide bonds. The van der Waals surface area contributed by atoms with E-state index in [0.29, 0.717) is 0 Å². The lowest BCUT2D eigenvalue weighted by Crippen LogP contribution is -2.25. The van der Waals surface area contributed by atoms with E-state index < -0.39 is 8.32 Å². The third kappa shape index (κ3) is 8.39. The van der Waals surface area contributed by atoms with Gasteiger partial charge in [-0.05, 0) is 26.1 Å². The molecule has 0 fully saturated rings. The second-order valence-electron chi connectivity index (χ2n) is 3.67. The van der Waals surface area contributed by atoms with Crippen molar-refractivity contribution in [3.05, 3.63) is 0 Å². The van der Waals surface area contributed by atoms with E-state index in [1.165, 1.54) is 29.1 Å². The van der Waals surface area contributed by atoms with Crippen molar-refractivity contribution in [1.29, 1.82) is 0 Å². The van der Waals surface area contributed by atoms with E-state index in [9.17, 15) is 0 Å². The molecule has 1 nitrogen and oxygen atoms in total. The van der Waals surface area contributed by atoms with Gasteiger partial charge in [0.25, 0.3) is 0 Å². The molecule has 0 bridgehead atoms. The second kappa shape index (κ2) is 5.10. The van der Waals surface area contributed by atoms with Crippen LogP contribution in [0.3, 0.4) is 0 Å². The average molecular weight is 176 g/mol. The zero-order chi connectivity index (χ0) is 8.04. The molecular formula is C7H20OSi2. The maximum Gasteiger partial charge on any atom is 0.183 e. The maximum atomic E-state index is 5.69. The lowest BCUT2D eigenvalue weighted by Gasteiger charge is -2.16. The average Bonchev–Trinajstić information content (AvgIpc) is 1.78. The van der Waals surface area contributed by atoms with Gasteiger partial charge in [0.05, 0.1) is 0 Å². The van der Waals surface area contributed by atoms with Crippen molar-refractivity contribution >= 4 is 18.6 Å². The quantitative estimate of drug-likeness (QED) is 0.454. The standard InChI is InChI=1S/C7H20OSi2/c1-10(2,3)8-6-4-5-7-9/h4-7H2,1-3,9H3. The third-order valence-electron chi connectivity index (χ3n) is 1.28. The molecule has 0 aliphatic heterocycles. The molecule has 0 rings (SSSR count). The Morgan fingerprint density at radius 3 is 2.20 bits per heavy atom. The minimum absolute atomic E-state index is 0.998. The van der Waals surface area contributed by atoms with Gasteiger partial charge in [0.2, 0.25) is 0 Å². The van der Waals surface area contributed by atoms with Crippen molar-refractivity contribution in [2.45, 2.75) is 38.5 Å². The van der Waals surface area contributed by atoms with Crippen molar-refractivity contribution in [2.75, 3.05) is 6.61 Å². The summed E-state index contributed by atoms with van der Waals surface area (Å²) in [6, 6.07) is 1.43. The molecule has 0 spiro atoms. The van der Waals surface area contributed by atoms with Crippen molar-refractivity contribution < 1.29 is 4.43 Å². The molecule has 0 N–H and O–H groups in total.